The average Bonchev–Trinajstić information content (AvgIpc) is 2.64. The Balaban J connectivity index is 1.89. The molecule has 3 rings (SSSR count). The summed E-state index contributed by atoms with van der Waals surface area (Å²) in [5, 5.41) is 0.0832. The van der Waals surface area contributed by atoms with E-state index in [1.165, 1.54) is 12.1 Å². The smallest absolute Gasteiger partial charge is 0.263 e. The molecule has 2 aromatic carbocycles. The highest BCUT2D eigenvalue weighted by Gasteiger charge is 2.25. The van der Waals surface area contributed by atoms with Crippen LogP contribution < -0.4 is 4.72 Å². The van der Waals surface area contributed by atoms with Crippen LogP contribution in [0.3, 0.4) is 0 Å². The molecule has 1 fully saturated rings. The van der Waals surface area contributed by atoms with Crippen LogP contribution in [0, 0.1) is 19.8 Å². The maximum absolute atomic E-state index is 12.9. The first-order chi connectivity index (χ1) is 13.2. The molecule has 1 aliphatic heterocycles. The number of hydrogen-bond acceptors (Lipinski definition) is 3. The van der Waals surface area contributed by atoms with Gasteiger partial charge in [-0.25, -0.2) is 8.42 Å². The summed E-state index contributed by atoms with van der Waals surface area (Å²) in [6.45, 7) is 7.36. The number of carbonyl (C=O) groups excluding carboxylic acids is 1. The molecule has 0 spiro atoms. The van der Waals surface area contributed by atoms with Gasteiger partial charge < -0.3 is 4.90 Å². The third kappa shape index (κ3) is 4.50. The van der Waals surface area contributed by atoms with Gasteiger partial charge in [0.15, 0.2) is 0 Å². The number of nitrogens with one attached hydrogen (secondary N) is 1. The third-order valence-electron chi connectivity index (χ3n) is 5.17. The summed E-state index contributed by atoms with van der Waals surface area (Å²) in [6, 6.07) is 9.75. The lowest BCUT2D eigenvalue weighted by Gasteiger charge is -2.31. The molecule has 2 aromatic rings. The number of anilines is 1. The van der Waals surface area contributed by atoms with Crippen molar-refractivity contribution in [2.45, 2.75) is 38.5 Å². The van der Waals surface area contributed by atoms with E-state index >= 15 is 0 Å². The second-order valence-electron chi connectivity index (χ2n) is 7.55. The largest absolute Gasteiger partial charge is 0.338 e. The zero-order valence-electron chi connectivity index (χ0n) is 16.3. The Hall–Kier alpha value is -2.05. The lowest BCUT2D eigenvalue weighted by atomic mass is 9.99. The van der Waals surface area contributed by atoms with Gasteiger partial charge in [0.1, 0.15) is 4.90 Å². The number of rotatable bonds is 4. The minimum absolute atomic E-state index is 0.0832. The van der Waals surface area contributed by atoms with Crippen molar-refractivity contribution in [3.05, 3.63) is 58.1 Å². The number of likely N-dealkylation sites (tertiary alicyclic amines) is 1. The molecule has 1 heterocycles. The monoisotopic (exact) mass is 420 g/mol. The lowest BCUT2D eigenvalue weighted by molar-refractivity contribution is 0.0683. The van der Waals surface area contributed by atoms with E-state index in [9.17, 15) is 13.2 Å². The number of amides is 1. The zero-order valence-corrected chi connectivity index (χ0v) is 17.9. The zero-order chi connectivity index (χ0) is 20.5. The fraction of sp³-hybridized carbons (Fsp3) is 0.381. The van der Waals surface area contributed by atoms with E-state index in [0.29, 0.717) is 30.3 Å². The van der Waals surface area contributed by atoms with Gasteiger partial charge in [0, 0.05) is 24.3 Å². The number of piperidine rings is 1. The predicted molar refractivity (Wildman–Crippen MR) is 112 cm³/mol. The molecule has 0 bridgehead atoms. The highest BCUT2D eigenvalue weighted by Crippen LogP contribution is 2.27. The molecular weight excluding hydrogens is 396 g/mol. The van der Waals surface area contributed by atoms with Crippen LogP contribution in [0.4, 0.5) is 5.69 Å². The van der Waals surface area contributed by atoms with E-state index in [4.69, 9.17) is 11.6 Å². The molecule has 1 atom stereocenters. The first-order valence-corrected chi connectivity index (χ1v) is 11.2. The Kier molecular flexibility index (Phi) is 6.01. The van der Waals surface area contributed by atoms with Gasteiger partial charge in [0.25, 0.3) is 15.9 Å². The molecule has 1 aliphatic rings. The van der Waals surface area contributed by atoms with Gasteiger partial charge >= 0.3 is 0 Å². The van der Waals surface area contributed by atoms with E-state index in [2.05, 4.69) is 11.6 Å². The number of aryl methyl sites for hydroxylation is 2. The van der Waals surface area contributed by atoms with E-state index in [-0.39, 0.29) is 15.8 Å². The molecule has 0 aromatic heterocycles. The third-order valence-corrected chi connectivity index (χ3v) is 7.03. The quantitative estimate of drug-likeness (QED) is 0.784. The Morgan fingerprint density at radius 2 is 1.89 bits per heavy atom. The van der Waals surface area contributed by atoms with Gasteiger partial charge in [-0.05, 0) is 74.1 Å². The van der Waals surface area contributed by atoms with Crippen molar-refractivity contribution in [3.8, 4) is 0 Å². The molecule has 0 radical (unpaired) electrons. The summed E-state index contributed by atoms with van der Waals surface area (Å²) in [5.74, 6) is 0.283. The van der Waals surface area contributed by atoms with Crippen molar-refractivity contribution >= 4 is 33.2 Å². The summed E-state index contributed by atoms with van der Waals surface area (Å²) in [4.78, 5) is 14.5. The van der Waals surface area contributed by atoms with Crippen molar-refractivity contribution in [3.63, 3.8) is 0 Å². The van der Waals surface area contributed by atoms with Crippen LogP contribution in [-0.4, -0.2) is 32.3 Å². The van der Waals surface area contributed by atoms with Gasteiger partial charge in [0.2, 0.25) is 0 Å². The molecule has 0 aliphatic carbocycles. The van der Waals surface area contributed by atoms with Gasteiger partial charge in [-0.15, -0.1) is 0 Å². The van der Waals surface area contributed by atoms with Crippen LogP contribution in [0.25, 0.3) is 0 Å². The fourth-order valence-corrected chi connectivity index (χ4v) is 4.99. The van der Waals surface area contributed by atoms with E-state index in [1.54, 1.807) is 23.1 Å². The molecule has 1 amide bonds. The second-order valence-corrected chi connectivity index (χ2v) is 9.61. The standard InChI is InChI=1S/C21H25ClN2O3S/c1-14-5-4-10-24(13-14)21(25)17-7-9-19(22)20(12-17)28(26,27)23-18-8-6-15(2)16(3)11-18/h6-9,11-12,14,23H,4-5,10,13H2,1-3H3/t14-/m1/s1. The van der Waals surface area contributed by atoms with E-state index < -0.39 is 10.0 Å². The highest BCUT2D eigenvalue weighted by atomic mass is 35.5. The maximum Gasteiger partial charge on any atom is 0.263 e. The number of sulfonamides is 1. The topological polar surface area (TPSA) is 66.5 Å². The first-order valence-electron chi connectivity index (χ1n) is 9.36. The Labute approximate surface area is 171 Å². The summed E-state index contributed by atoms with van der Waals surface area (Å²) >= 11 is 6.17. The maximum atomic E-state index is 12.9. The van der Waals surface area contributed by atoms with Crippen LogP contribution in [0.5, 0.6) is 0 Å². The van der Waals surface area contributed by atoms with Crippen molar-refractivity contribution in [2.24, 2.45) is 5.92 Å². The SMILES string of the molecule is Cc1ccc(NS(=O)(=O)c2cc(C(=O)N3CCC[C@@H](C)C3)ccc2Cl)cc1C. The number of hydrogen-bond donors (Lipinski definition) is 1. The summed E-state index contributed by atoms with van der Waals surface area (Å²) in [7, 11) is -3.92. The molecule has 0 saturated carbocycles. The molecule has 0 unspecified atom stereocenters. The minimum atomic E-state index is -3.92. The second kappa shape index (κ2) is 8.13. The van der Waals surface area contributed by atoms with Crippen LogP contribution in [0.15, 0.2) is 41.3 Å². The van der Waals surface area contributed by atoms with Gasteiger partial charge in [0.05, 0.1) is 5.02 Å². The Morgan fingerprint density at radius 1 is 1.14 bits per heavy atom. The molecule has 7 heteroatoms. The number of halogens is 1. The van der Waals surface area contributed by atoms with E-state index in [0.717, 1.165) is 24.0 Å². The van der Waals surface area contributed by atoms with Crippen LogP contribution >= 0.6 is 11.6 Å². The van der Waals surface area contributed by atoms with Gasteiger partial charge in [-0.2, -0.15) is 0 Å². The minimum Gasteiger partial charge on any atom is -0.338 e. The number of carbonyl (C=O) groups is 1. The van der Waals surface area contributed by atoms with Crippen molar-refractivity contribution < 1.29 is 13.2 Å². The van der Waals surface area contributed by atoms with Gasteiger partial charge in [-0.3, -0.25) is 9.52 Å². The fourth-order valence-electron chi connectivity index (χ4n) is 3.41. The first kappa shape index (κ1) is 20.7. The molecular formula is C21H25ClN2O3S. The number of benzene rings is 2. The summed E-state index contributed by atoms with van der Waals surface area (Å²) in [6.07, 6.45) is 2.06. The average molecular weight is 421 g/mol. The van der Waals surface area contributed by atoms with Gasteiger partial charge in [-0.1, -0.05) is 24.6 Å². The molecule has 150 valence electrons. The van der Waals surface area contributed by atoms with Crippen molar-refractivity contribution in [1.82, 2.24) is 4.90 Å². The highest BCUT2D eigenvalue weighted by molar-refractivity contribution is 7.92. The number of nitrogens with zero attached hydrogens (tertiary/aromatic N) is 1. The Bertz CT molecular complexity index is 1000. The molecule has 28 heavy (non-hydrogen) atoms. The van der Waals surface area contributed by atoms with Crippen molar-refractivity contribution in [2.75, 3.05) is 17.8 Å². The Morgan fingerprint density at radius 3 is 2.57 bits per heavy atom. The van der Waals surface area contributed by atoms with Crippen LogP contribution in [0.1, 0.15) is 41.3 Å². The molecule has 5 nitrogen and oxygen atoms in total. The summed E-state index contributed by atoms with van der Waals surface area (Å²) in [5.41, 5.74) is 2.85. The molecule has 1 saturated heterocycles. The van der Waals surface area contributed by atoms with Crippen molar-refractivity contribution in [1.29, 1.82) is 0 Å². The van der Waals surface area contributed by atoms with E-state index in [1.807, 2.05) is 19.9 Å². The van der Waals surface area contributed by atoms with Crippen LogP contribution in [0.2, 0.25) is 5.02 Å². The normalized spacial score (nSPS) is 17.4. The lowest BCUT2D eigenvalue weighted by Crippen LogP contribution is -2.39. The van der Waals surface area contributed by atoms with Crippen LogP contribution in [-0.2, 0) is 10.0 Å². The molecule has 1 N–H and O–H groups in total. The predicted octanol–water partition coefficient (Wildman–Crippen LogP) is 4.63. The summed E-state index contributed by atoms with van der Waals surface area (Å²) < 4.78 is 28.4.